The molecule has 154 valence electrons. The smallest absolute Gasteiger partial charge is 0.226 e. The van der Waals surface area contributed by atoms with Crippen molar-refractivity contribution in [3.8, 4) is 0 Å². The van der Waals surface area contributed by atoms with Gasteiger partial charge < -0.3 is 15.5 Å². The molecular formula is C22H21ClN4OS2. The Bertz CT molecular complexity index is 1060. The number of pyridine rings is 1. The molecule has 3 heterocycles. The molecule has 2 N–H and O–H groups in total. The van der Waals surface area contributed by atoms with Crippen LogP contribution in [0.25, 0.3) is 0 Å². The lowest BCUT2D eigenvalue weighted by Crippen LogP contribution is -2.32. The summed E-state index contributed by atoms with van der Waals surface area (Å²) in [4.78, 5) is 20.2. The summed E-state index contributed by atoms with van der Waals surface area (Å²) in [6.07, 6.45) is 2.09. The fourth-order valence-electron chi connectivity index (χ4n) is 3.61. The molecule has 2 aromatic heterocycles. The molecule has 1 aromatic carbocycles. The number of halogens is 1. The Hall–Kier alpha value is -2.48. The van der Waals surface area contributed by atoms with E-state index in [4.69, 9.17) is 23.8 Å². The summed E-state index contributed by atoms with van der Waals surface area (Å²) in [5.41, 5.74) is 2.81. The molecule has 4 rings (SSSR count). The third kappa shape index (κ3) is 4.64. The number of thiophene rings is 1. The number of carbonyl (C=O) groups is 1. The first-order chi connectivity index (χ1) is 14.5. The molecule has 0 saturated carbocycles. The number of aromatic nitrogens is 1. The molecule has 5 nitrogen and oxygen atoms in total. The number of nitrogens with zero attached hydrogens (tertiary/aromatic N) is 2. The van der Waals surface area contributed by atoms with Gasteiger partial charge in [0.25, 0.3) is 0 Å². The Balaban J connectivity index is 1.51. The summed E-state index contributed by atoms with van der Waals surface area (Å²) >= 11 is 13.4. The highest BCUT2D eigenvalue weighted by Gasteiger charge is 2.40. The number of hydrogen-bond donors (Lipinski definition) is 2. The highest BCUT2D eigenvalue weighted by molar-refractivity contribution is 7.80. The van der Waals surface area contributed by atoms with Gasteiger partial charge in [0.05, 0.1) is 22.1 Å². The molecular weight excluding hydrogens is 436 g/mol. The van der Waals surface area contributed by atoms with Crippen LogP contribution in [0.4, 0.5) is 5.69 Å². The topological polar surface area (TPSA) is 57.3 Å². The third-order valence-corrected chi connectivity index (χ3v) is 6.62. The average Bonchev–Trinajstić information content (AvgIpc) is 3.30. The SMILES string of the molecule is Cc1cccc(NC(=O)CCN2C(=S)NC(c3ccccn3)C2c2ccc(Cl)s2)c1. The van der Waals surface area contributed by atoms with Crippen LogP contribution >= 0.6 is 35.2 Å². The van der Waals surface area contributed by atoms with Crippen molar-refractivity contribution in [2.45, 2.75) is 25.4 Å². The number of amides is 1. The largest absolute Gasteiger partial charge is 0.352 e. The first-order valence-corrected chi connectivity index (χ1v) is 11.2. The normalized spacial score (nSPS) is 18.3. The number of hydrogen-bond acceptors (Lipinski definition) is 4. The molecule has 1 aliphatic rings. The molecule has 1 saturated heterocycles. The maximum atomic E-state index is 12.6. The lowest BCUT2D eigenvalue weighted by atomic mass is 10.0. The van der Waals surface area contributed by atoms with Crippen molar-refractivity contribution in [2.75, 3.05) is 11.9 Å². The van der Waals surface area contributed by atoms with E-state index in [1.54, 1.807) is 6.20 Å². The minimum absolute atomic E-state index is 0.0485. The van der Waals surface area contributed by atoms with Gasteiger partial charge in [0.1, 0.15) is 0 Å². The van der Waals surface area contributed by atoms with Crippen LogP contribution in [0.1, 0.15) is 34.6 Å². The first-order valence-electron chi connectivity index (χ1n) is 9.61. The monoisotopic (exact) mass is 456 g/mol. The summed E-state index contributed by atoms with van der Waals surface area (Å²) in [7, 11) is 0. The van der Waals surface area contributed by atoms with E-state index in [0.717, 1.165) is 26.2 Å². The van der Waals surface area contributed by atoms with Crippen molar-refractivity contribution in [3.05, 3.63) is 81.3 Å². The number of thiocarbonyl (C=S) groups is 1. The lowest BCUT2D eigenvalue weighted by Gasteiger charge is -2.26. The summed E-state index contributed by atoms with van der Waals surface area (Å²) < 4.78 is 0.722. The lowest BCUT2D eigenvalue weighted by molar-refractivity contribution is -0.116. The van der Waals surface area contributed by atoms with E-state index in [0.29, 0.717) is 18.1 Å². The van der Waals surface area contributed by atoms with Gasteiger partial charge in [-0.3, -0.25) is 9.78 Å². The van der Waals surface area contributed by atoms with E-state index in [-0.39, 0.29) is 18.0 Å². The zero-order chi connectivity index (χ0) is 21.1. The number of carbonyl (C=O) groups excluding carboxylic acids is 1. The summed E-state index contributed by atoms with van der Waals surface area (Å²) in [5.74, 6) is -0.0485. The van der Waals surface area contributed by atoms with Crippen molar-refractivity contribution in [1.29, 1.82) is 0 Å². The number of rotatable bonds is 6. The Labute approximate surface area is 190 Å². The average molecular weight is 457 g/mol. The molecule has 1 aliphatic heterocycles. The van der Waals surface area contributed by atoms with Gasteiger partial charge in [0, 0.05) is 29.7 Å². The Morgan fingerprint density at radius 1 is 1.27 bits per heavy atom. The van der Waals surface area contributed by atoms with Gasteiger partial charge in [0.2, 0.25) is 5.91 Å². The van der Waals surface area contributed by atoms with Gasteiger partial charge in [-0.1, -0.05) is 29.8 Å². The molecule has 8 heteroatoms. The van der Waals surface area contributed by atoms with Crippen molar-refractivity contribution >= 4 is 51.9 Å². The van der Waals surface area contributed by atoms with Crippen LogP contribution in [0.15, 0.2) is 60.8 Å². The van der Waals surface area contributed by atoms with Crippen molar-refractivity contribution in [1.82, 2.24) is 15.2 Å². The highest BCUT2D eigenvalue weighted by atomic mass is 35.5. The molecule has 0 bridgehead atoms. The van der Waals surface area contributed by atoms with E-state index >= 15 is 0 Å². The zero-order valence-electron chi connectivity index (χ0n) is 16.3. The molecule has 3 aromatic rings. The Morgan fingerprint density at radius 3 is 2.83 bits per heavy atom. The molecule has 1 amide bonds. The van der Waals surface area contributed by atoms with Gasteiger partial charge in [-0.2, -0.15) is 0 Å². The predicted octanol–water partition coefficient (Wildman–Crippen LogP) is 5.11. The molecule has 0 radical (unpaired) electrons. The summed E-state index contributed by atoms with van der Waals surface area (Å²) in [5, 5.41) is 6.96. The first kappa shape index (κ1) is 20.8. The predicted molar refractivity (Wildman–Crippen MR) is 126 cm³/mol. The number of anilines is 1. The quantitative estimate of drug-likeness (QED) is 0.505. The van der Waals surface area contributed by atoms with Gasteiger partial charge in [-0.15, -0.1) is 11.3 Å². The fourth-order valence-corrected chi connectivity index (χ4v) is 5.15. The van der Waals surface area contributed by atoms with Crippen LogP contribution in [0.5, 0.6) is 0 Å². The van der Waals surface area contributed by atoms with Crippen LogP contribution in [-0.4, -0.2) is 27.4 Å². The van der Waals surface area contributed by atoms with E-state index in [1.807, 2.05) is 61.5 Å². The van der Waals surface area contributed by atoms with E-state index in [2.05, 4.69) is 20.5 Å². The summed E-state index contributed by atoms with van der Waals surface area (Å²) in [6.45, 7) is 2.49. The molecule has 0 aliphatic carbocycles. The minimum Gasteiger partial charge on any atom is -0.352 e. The van der Waals surface area contributed by atoms with E-state index < -0.39 is 0 Å². The minimum atomic E-state index is -0.103. The number of aryl methyl sites for hydroxylation is 1. The second kappa shape index (κ2) is 9.12. The van der Waals surface area contributed by atoms with Gasteiger partial charge >= 0.3 is 0 Å². The van der Waals surface area contributed by atoms with Crippen molar-refractivity contribution in [3.63, 3.8) is 0 Å². The second-order valence-corrected chi connectivity index (χ2v) is 9.26. The van der Waals surface area contributed by atoms with Crippen LogP contribution in [0.2, 0.25) is 4.34 Å². The summed E-state index contributed by atoms with van der Waals surface area (Å²) in [6, 6.07) is 17.3. The maximum absolute atomic E-state index is 12.6. The standard InChI is InChI=1S/C22H21ClN4OS2/c1-14-5-4-6-15(13-14)25-19(28)10-12-27-21(17-8-9-18(23)30-17)20(26-22(27)29)16-7-2-3-11-24-16/h2-9,11,13,20-21H,10,12H2,1H3,(H,25,28)(H,26,29). The van der Waals surface area contributed by atoms with E-state index in [9.17, 15) is 4.79 Å². The van der Waals surface area contributed by atoms with Crippen molar-refractivity contribution in [2.24, 2.45) is 0 Å². The molecule has 30 heavy (non-hydrogen) atoms. The zero-order valence-corrected chi connectivity index (χ0v) is 18.7. The van der Waals surface area contributed by atoms with Crippen LogP contribution in [-0.2, 0) is 4.79 Å². The number of benzene rings is 1. The third-order valence-electron chi connectivity index (χ3n) is 4.96. The molecule has 1 fully saturated rings. The maximum Gasteiger partial charge on any atom is 0.226 e. The highest BCUT2D eigenvalue weighted by Crippen LogP contribution is 2.42. The van der Waals surface area contributed by atoms with Crippen molar-refractivity contribution < 1.29 is 4.79 Å². The fraction of sp³-hybridized carbons (Fsp3) is 0.227. The Kier molecular flexibility index (Phi) is 6.32. The molecule has 2 atom stereocenters. The second-order valence-electron chi connectivity index (χ2n) is 7.13. The van der Waals surface area contributed by atoms with Gasteiger partial charge in [-0.25, -0.2) is 0 Å². The molecule has 2 unspecified atom stereocenters. The number of nitrogens with one attached hydrogen (secondary N) is 2. The van der Waals surface area contributed by atoms with Crippen LogP contribution in [0.3, 0.4) is 0 Å². The van der Waals surface area contributed by atoms with Gasteiger partial charge in [0.15, 0.2) is 5.11 Å². The molecule has 0 spiro atoms. The van der Waals surface area contributed by atoms with Crippen LogP contribution in [0, 0.1) is 6.92 Å². The Morgan fingerprint density at radius 2 is 2.13 bits per heavy atom. The van der Waals surface area contributed by atoms with E-state index in [1.165, 1.54) is 11.3 Å². The van der Waals surface area contributed by atoms with Gasteiger partial charge in [-0.05, 0) is 61.1 Å². The van der Waals surface area contributed by atoms with Crippen LogP contribution < -0.4 is 10.6 Å².